The predicted octanol–water partition coefficient (Wildman–Crippen LogP) is 1.91. The number of rotatable bonds is 4. The molecule has 0 bridgehead atoms. The highest BCUT2D eigenvalue weighted by Gasteiger charge is 2.17. The fourth-order valence-corrected chi connectivity index (χ4v) is 2.77. The second-order valence-electron chi connectivity index (χ2n) is 4.76. The Morgan fingerprint density at radius 1 is 1.28 bits per heavy atom. The minimum absolute atomic E-state index is 0.872. The van der Waals surface area contributed by atoms with Crippen molar-refractivity contribution in [3.8, 4) is 0 Å². The van der Waals surface area contributed by atoms with Crippen molar-refractivity contribution in [1.82, 2.24) is 20.0 Å². The van der Waals surface area contributed by atoms with E-state index < -0.39 is 0 Å². The van der Waals surface area contributed by atoms with Crippen LogP contribution in [0.25, 0.3) is 0 Å². The van der Waals surface area contributed by atoms with E-state index in [2.05, 4.69) is 33.8 Å². The van der Waals surface area contributed by atoms with E-state index in [1.165, 1.54) is 12.1 Å². The van der Waals surface area contributed by atoms with Gasteiger partial charge in [-0.2, -0.15) is 5.10 Å². The Hall–Kier alpha value is -0.580. The van der Waals surface area contributed by atoms with Crippen LogP contribution in [0.2, 0.25) is 5.02 Å². The highest BCUT2D eigenvalue weighted by molar-refractivity contribution is 6.31. The number of aryl methyl sites for hydroxylation is 2. The van der Waals surface area contributed by atoms with E-state index in [0.29, 0.717) is 0 Å². The van der Waals surface area contributed by atoms with Crippen molar-refractivity contribution in [2.75, 3.05) is 26.2 Å². The summed E-state index contributed by atoms with van der Waals surface area (Å²) >= 11 is 6.44. The van der Waals surface area contributed by atoms with Crippen molar-refractivity contribution in [2.45, 2.75) is 39.8 Å². The van der Waals surface area contributed by atoms with Crippen LogP contribution in [0.15, 0.2) is 0 Å². The summed E-state index contributed by atoms with van der Waals surface area (Å²) in [4.78, 5) is 2.47. The molecule has 0 unspecified atom stereocenters. The van der Waals surface area contributed by atoms with Gasteiger partial charge in [0.15, 0.2) is 0 Å². The standard InChI is InChI=1S/C13H23ClN4/c1-3-11-13(14)12(18(4-2)16-11)10-17-8-5-6-15-7-9-17/h15H,3-10H2,1-2H3. The molecule has 102 valence electrons. The summed E-state index contributed by atoms with van der Waals surface area (Å²) in [5.74, 6) is 0. The first kappa shape index (κ1) is 13.8. The maximum absolute atomic E-state index is 6.44. The summed E-state index contributed by atoms with van der Waals surface area (Å²) < 4.78 is 2.06. The molecule has 1 aliphatic heterocycles. The van der Waals surface area contributed by atoms with Crippen LogP contribution in [0.4, 0.5) is 0 Å². The molecule has 1 aromatic heterocycles. The summed E-state index contributed by atoms with van der Waals surface area (Å²) in [6, 6.07) is 0. The molecule has 1 N–H and O–H groups in total. The van der Waals surface area contributed by atoms with Gasteiger partial charge in [-0.05, 0) is 32.9 Å². The number of nitrogens with one attached hydrogen (secondary N) is 1. The number of aromatic nitrogens is 2. The SMILES string of the molecule is CCc1nn(CC)c(CN2CCCNCC2)c1Cl. The molecule has 18 heavy (non-hydrogen) atoms. The average Bonchev–Trinajstić information content (AvgIpc) is 2.58. The van der Waals surface area contributed by atoms with Crippen LogP contribution in [0.3, 0.4) is 0 Å². The van der Waals surface area contributed by atoms with Crippen LogP contribution in [0.5, 0.6) is 0 Å². The summed E-state index contributed by atoms with van der Waals surface area (Å²) in [7, 11) is 0. The Labute approximate surface area is 114 Å². The van der Waals surface area contributed by atoms with Gasteiger partial charge in [0, 0.05) is 26.2 Å². The molecule has 1 saturated heterocycles. The zero-order chi connectivity index (χ0) is 13.0. The lowest BCUT2D eigenvalue weighted by molar-refractivity contribution is 0.275. The number of halogens is 1. The van der Waals surface area contributed by atoms with Gasteiger partial charge in [0.2, 0.25) is 0 Å². The summed E-state index contributed by atoms with van der Waals surface area (Å²) in [5.41, 5.74) is 2.21. The molecular formula is C13H23ClN4. The summed E-state index contributed by atoms with van der Waals surface area (Å²) in [6.07, 6.45) is 2.11. The highest BCUT2D eigenvalue weighted by atomic mass is 35.5. The maximum Gasteiger partial charge on any atom is 0.0863 e. The van der Waals surface area contributed by atoms with Gasteiger partial charge in [-0.1, -0.05) is 18.5 Å². The molecule has 1 aromatic rings. The Bertz CT molecular complexity index is 381. The Kier molecular flexibility index (Phi) is 5.03. The van der Waals surface area contributed by atoms with Crippen LogP contribution in [0, 0.1) is 0 Å². The van der Waals surface area contributed by atoms with Crippen LogP contribution in [-0.4, -0.2) is 40.9 Å². The van der Waals surface area contributed by atoms with E-state index in [-0.39, 0.29) is 0 Å². The van der Waals surface area contributed by atoms with Crippen molar-refractivity contribution in [3.63, 3.8) is 0 Å². The monoisotopic (exact) mass is 270 g/mol. The number of hydrogen-bond acceptors (Lipinski definition) is 3. The number of hydrogen-bond donors (Lipinski definition) is 1. The van der Waals surface area contributed by atoms with Gasteiger partial charge in [-0.3, -0.25) is 9.58 Å². The second-order valence-corrected chi connectivity index (χ2v) is 5.13. The molecule has 0 aliphatic carbocycles. The lowest BCUT2D eigenvalue weighted by Gasteiger charge is -2.20. The molecule has 0 aromatic carbocycles. The summed E-state index contributed by atoms with van der Waals surface area (Å²) in [5, 5.41) is 8.88. The minimum Gasteiger partial charge on any atom is -0.315 e. The molecule has 2 heterocycles. The minimum atomic E-state index is 0.872. The van der Waals surface area contributed by atoms with Crippen LogP contribution in [-0.2, 0) is 19.5 Å². The van der Waals surface area contributed by atoms with E-state index in [1.807, 2.05) is 0 Å². The molecule has 0 saturated carbocycles. The fraction of sp³-hybridized carbons (Fsp3) is 0.769. The molecule has 1 fully saturated rings. The van der Waals surface area contributed by atoms with E-state index in [4.69, 9.17) is 11.6 Å². The van der Waals surface area contributed by atoms with Gasteiger partial charge in [0.25, 0.3) is 0 Å². The van der Waals surface area contributed by atoms with Crippen molar-refractivity contribution in [3.05, 3.63) is 16.4 Å². The molecule has 0 amide bonds. The van der Waals surface area contributed by atoms with Gasteiger partial charge < -0.3 is 5.32 Å². The van der Waals surface area contributed by atoms with Crippen molar-refractivity contribution in [2.24, 2.45) is 0 Å². The van der Waals surface area contributed by atoms with Crippen molar-refractivity contribution >= 4 is 11.6 Å². The highest BCUT2D eigenvalue weighted by Crippen LogP contribution is 2.23. The first-order valence-electron chi connectivity index (χ1n) is 6.93. The molecule has 0 spiro atoms. The smallest absolute Gasteiger partial charge is 0.0863 e. The molecule has 2 rings (SSSR count). The third-order valence-electron chi connectivity index (χ3n) is 3.50. The third-order valence-corrected chi connectivity index (χ3v) is 3.94. The molecule has 0 atom stereocenters. The summed E-state index contributed by atoms with van der Waals surface area (Å²) in [6.45, 7) is 10.5. The van der Waals surface area contributed by atoms with Crippen LogP contribution < -0.4 is 5.32 Å². The number of nitrogens with zero attached hydrogens (tertiary/aromatic N) is 3. The molecular weight excluding hydrogens is 248 g/mol. The second kappa shape index (κ2) is 6.55. The van der Waals surface area contributed by atoms with Gasteiger partial charge in [-0.25, -0.2) is 0 Å². The average molecular weight is 271 g/mol. The first-order valence-corrected chi connectivity index (χ1v) is 7.31. The Morgan fingerprint density at radius 2 is 2.11 bits per heavy atom. The Balaban J connectivity index is 2.13. The quantitative estimate of drug-likeness (QED) is 0.907. The van der Waals surface area contributed by atoms with Crippen LogP contribution in [0.1, 0.15) is 31.7 Å². The first-order chi connectivity index (χ1) is 8.76. The Morgan fingerprint density at radius 3 is 2.83 bits per heavy atom. The normalized spacial score (nSPS) is 17.9. The van der Waals surface area contributed by atoms with Crippen LogP contribution >= 0.6 is 11.6 Å². The van der Waals surface area contributed by atoms with E-state index >= 15 is 0 Å². The predicted molar refractivity (Wildman–Crippen MR) is 75.1 cm³/mol. The molecule has 1 aliphatic rings. The molecule has 5 heteroatoms. The zero-order valence-corrected chi connectivity index (χ0v) is 12.1. The molecule has 0 radical (unpaired) electrons. The van der Waals surface area contributed by atoms with Gasteiger partial charge in [0.05, 0.1) is 16.4 Å². The molecule has 4 nitrogen and oxygen atoms in total. The maximum atomic E-state index is 6.44. The van der Waals surface area contributed by atoms with E-state index in [9.17, 15) is 0 Å². The van der Waals surface area contributed by atoms with Gasteiger partial charge in [0.1, 0.15) is 0 Å². The zero-order valence-electron chi connectivity index (χ0n) is 11.4. The topological polar surface area (TPSA) is 33.1 Å². The van der Waals surface area contributed by atoms with E-state index in [1.54, 1.807) is 0 Å². The van der Waals surface area contributed by atoms with Crippen molar-refractivity contribution < 1.29 is 0 Å². The lowest BCUT2D eigenvalue weighted by Crippen LogP contribution is -2.28. The van der Waals surface area contributed by atoms with Gasteiger partial charge >= 0.3 is 0 Å². The van der Waals surface area contributed by atoms with E-state index in [0.717, 1.165) is 56.4 Å². The third kappa shape index (κ3) is 3.05. The fourth-order valence-electron chi connectivity index (χ4n) is 2.44. The van der Waals surface area contributed by atoms with Crippen molar-refractivity contribution in [1.29, 1.82) is 0 Å². The van der Waals surface area contributed by atoms with Gasteiger partial charge in [-0.15, -0.1) is 0 Å². The largest absolute Gasteiger partial charge is 0.315 e. The lowest BCUT2D eigenvalue weighted by atomic mass is 10.2.